The second-order valence-corrected chi connectivity index (χ2v) is 10.8. The Hall–Kier alpha value is -0.990. The number of likely N-dealkylation sites (N-methyl/N-ethyl adjacent to an activating group) is 1. The summed E-state index contributed by atoms with van der Waals surface area (Å²) in [6.07, 6.45) is 9.79. The van der Waals surface area contributed by atoms with Crippen molar-refractivity contribution in [2.24, 2.45) is 0 Å². The third kappa shape index (κ3) is 21.3. The van der Waals surface area contributed by atoms with Crippen LogP contribution in [0.15, 0.2) is 0 Å². The van der Waals surface area contributed by atoms with E-state index in [-0.39, 0.29) is 32.0 Å². The van der Waals surface area contributed by atoms with Crippen molar-refractivity contribution in [2.75, 3.05) is 47.5 Å². The third-order valence-corrected chi connectivity index (χ3v) is 5.93. The Bertz CT molecular complexity index is 579. The van der Waals surface area contributed by atoms with Gasteiger partial charge in [0.05, 0.1) is 27.7 Å². The van der Waals surface area contributed by atoms with Crippen LogP contribution in [-0.4, -0.2) is 74.9 Å². The molecule has 1 N–H and O–H groups in total. The van der Waals surface area contributed by atoms with Crippen LogP contribution in [0.1, 0.15) is 84.5 Å². The van der Waals surface area contributed by atoms with E-state index in [1.165, 1.54) is 38.5 Å². The maximum atomic E-state index is 12.1. The van der Waals surface area contributed by atoms with Gasteiger partial charge in [-0.15, -0.1) is 0 Å². The number of nitrogens with zero attached hydrogens (tertiary/aromatic N) is 1. The summed E-state index contributed by atoms with van der Waals surface area (Å²) >= 11 is 0. The number of hydrogen-bond donors (Lipinski definition) is 1. The van der Waals surface area contributed by atoms with Gasteiger partial charge in [0.15, 0.2) is 6.10 Å². The number of quaternary nitrogens is 1. The lowest BCUT2D eigenvalue weighted by Crippen LogP contribution is -2.37. The maximum absolute atomic E-state index is 12.1. The van der Waals surface area contributed by atoms with E-state index in [0.717, 1.165) is 19.3 Å². The number of rotatable bonds is 21. The molecule has 2 atom stereocenters. The first-order chi connectivity index (χ1) is 15.5. The number of unbranched alkanes of at least 4 members (excludes halogenated alkanes) is 8. The zero-order chi connectivity index (χ0) is 25.2. The Kier molecular flexibility index (Phi) is 17.8. The second kappa shape index (κ2) is 18.4. The van der Waals surface area contributed by atoms with Crippen molar-refractivity contribution in [1.82, 2.24) is 0 Å². The second-order valence-electron chi connectivity index (χ2n) is 9.34. The first-order valence-electron chi connectivity index (χ1n) is 12.3. The minimum absolute atomic E-state index is 0.0322. The van der Waals surface area contributed by atoms with E-state index in [0.29, 0.717) is 11.0 Å². The maximum Gasteiger partial charge on any atom is 0.472 e. The van der Waals surface area contributed by atoms with E-state index in [9.17, 15) is 19.0 Å². The topological polar surface area (TPSA) is 108 Å². The van der Waals surface area contributed by atoms with Crippen LogP contribution in [0.2, 0.25) is 0 Å². The van der Waals surface area contributed by atoms with E-state index in [1.807, 2.05) is 21.1 Å². The molecule has 33 heavy (non-hydrogen) atoms. The lowest BCUT2D eigenvalue weighted by Gasteiger charge is -2.24. The molecule has 0 aromatic heterocycles. The molecule has 196 valence electrons. The zero-order valence-corrected chi connectivity index (χ0v) is 22.3. The van der Waals surface area contributed by atoms with E-state index in [2.05, 4.69) is 6.92 Å². The van der Waals surface area contributed by atoms with Crippen molar-refractivity contribution in [2.45, 2.75) is 90.6 Å². The fourth-order valence-electron chi connectivity index (χ4n) is 2.87. The van der Waals surface area contributed by atoms with Crippen LogP contribution >= 0.6 is 7.82 Å². The fraction of sp³-hybridized carbons (Fsp3) is 0.913. The molecule has 1 unspecified atom stereocenters. The van der Waals surface area contributed by atoms with E-state index in [4.69, 9.17) is 18.5 Å². The van der Waals surface area contributed by atoms with Crippen molar-refractivity contribution < 1.29 is 42.1 Å². The Morgan fingerprint density at radius 2 is 1.42 bits per heavy atom. The van der Waals surface area contributed by atoms with Crippen LogP contribution < -0.4 is 0 Å². The van der Waals surface area contributed by atoms with Crippen molar-refractivity contribution in [1.29, 1.82) is 0 Å². The van der Waals surface area contributed by atoms with E-state index >= 15 is 0 Å². The summed E-state index contributed by atoms with van der Waals surface area (Å²) in [6, 6.07) is 0. The molecule has 0 aliphatic rings. The van der Waals surface area contributed by atoms with E-state index in [1.54, 1.807) is 6.92 Å². The van der Waals surface area contributed by atoms with Crippen LogP contribution in [0.25, 0.3) is 0 Å². The summed E-state index contributed by atoms with van der Waals surface area (Å²) in [5.74, 6) is -0.904. The Labute approximate surface area is 200 Å². The van der Waals surface area contributed by atoms with Crippen molar-refractivity contribution in [3.63, 3.8) is 0 Å². The molecule has 0 amide bonds. The Morgan fingerprint density at radius 1 is 0.848 bits per heavy atom. The van der Waals surface area contributed by atoms with Gasteiger partial charge >= 0.3 is 19.8 Å². The van der Waals surface area contributed by atoms with Crippen LogP contribution in [-0.2, 0) is 32.7 Å². The zero-order valence-electron chi connectivity index (χ0n) is 21.4. The highest BCUT2D eigenvalue weighted by Crippen LogP contribution is 2.43. The molecular weight excluding hydrogens is 449 g/mol. The van der Waals surface area contributed by atoms with Gasteiger partial charge in [0.2, 0.25) is 0 Å². The first kappa shape index (κ1) is 32.0. The average molecular weight is 497 g/mol. The number of esters is 2. The normalized spacial score (nSPS) is 14.5. The average Bonchev–Trinajstić information content (AvgIpc) is 2.73. The molecule has 10 heteroatoms. The number of phosphoric ester groups is 1. The lowest BCUT2D eigenvalue weighted by atomic mass is 10.1. The number of phosphoric acid groups is 1. The number of carbonyl (C=O) groups is 2. The molecule has 0 bridgehead atoms. The largest absolute Gasteiger partial charge is 0.472 e. The monoisotopic (exact) mass is 496 g/mol. The van der Waals surface area contributed by atoms with Gasteiger partial charge in [-0.25, -0.2) is 4.57 Å². The van der Waals surface area contributed by atoms with Gasteiger partial charge in [0.1, 0.15) is 19.8 Å². The van der Waals surface area contributed by atoms with Crippen LogP contribution in [0.4, 0.5) is 0 Å². The van der Waals surface area contributed by atoms with Gasteiger partial charge in [0.25, 0.3) is 0 Å². The molecular formula is C23H47NO8P+. The molecule has 0 fully saturated rings. The molecule has 0 aliphatic heterocycles. The van der Waals surface area contributed by atoms with Gasteiger partial charge in [0, 0.05) is 12.8 Å². The lowest BCUT2D eigenvalue weighted by molar-refractivity contribution is -0.870. The number of ether oxygens (including phenoxy) is 2. The standard InChI is InChI=1S/C23H46NO8P/c1-6-8-9-10-11-12-13-14-15-16-23(26)29-19-21(32-22(25)7-2)20-31-33(27,28)30-18-17-24(3,4)5/h21H,6-20H2,1-5H3/p+1/t21-/m1/s1. The van der Waals surface area contributed by atoms with Crippen LogP contribution in [0.5, 0.6) is 0 Å². The van der Waals surface area contributed by atoms with Gasteiger partial charge in [-0.05, 0) is 6.42 Å². The molecule has 9 nitrogen and oxygen atoms in total. The highest BCUT2D eigenvalue weighted by atomic mass is 31.2. The molecule has 0 saturated carbocycles. The summed E-state index contributed by atoms with van der Waals surface area (Å²) in [6.45, 7) is 3.73. The quantitative estimate of drug-likeness (QED) is 0.106. The van der Waals surface area contributed by atoms with Crippen molar-refractivity contribution in [3.8, 4) is 0 Å². The molecule has 0 radical (unpaired) electrons. The van der Waals surface area contributed by atoms with Crippen LogP contribution in [0, 0.1) is 0 Å². The predicted octanol–water partition coefficient (Wildman–Crippen LogP) is 4.61. The van der Waals surface area contributed by atoms with Gasteiger partial charge in [-0.2, -0.15) is 0 Å². The van der Waals surface area contributed by atoms with Gasteiger partial charge in [-0.1, -0.05) is 65.2 Å². The highest BCUT2D eigenvalue weighted by Gasteiger charge is 2.26. The van der Waals surface area contributed by atoms with Crippen molar-refractivity contribution >= 4 is 19.8 Å². The summed E-state index contributed by atoms with van der Waals surface area (Å²) in [7, 11) is 1.47. The molecule has 0 heterocycles. The summed E-state index contributed by atoms with van der Waals surface area (Å²) in [5, 5.41) is 0. The predicted molar refractivity (Wildman–Crippen MR) is 128 cm³/mol. The van der Waals surface area contributed by atoms with Gasteiger partial charge < -0.3 is 18.9 Å². The Morgan fingerprint density at radius 3 is 1.97 bits per heavy atom. The van der Waals surface area contributed by atoms with Gasteiger partial charge in [-0.3, -0.25) is 18.6 Å². The summed E-state index contributed by atoms with van der Waals surface area (Å²) < 4.78 is 32.9. The SMILES string of the molecule is CCCCCCCCCCCC(=O)OC[C@H](COP(=O)(O)OCC[N+](C)(C)C)OC(=O)CC. The molecule has 0 aromatic carbocycles. The molecule has 0 rings (SSSR count). The molecule has 0 aliphatic carbocycles. The molecule has 0 spiro atoms. The number of carbonyl (C=O) groups excluding carboxylic acids is 2. The molecule has 0 saturated heterocycles. The smallest absolute Gasteiger partial charge is 0.462 e. The summed E-state index contributed by atoms with van der Waals surface area (Å²) in [4.78, 5) is 33.5. The fourth-order valence-corrected chi connectivity index (χ4v) is 3.61. The van der Waals surface area contributed by atoms with E-state index < -0.39 is 26.5 Å². The number of hydrogen-bond acceptors (Lipinski definition) is 7. The first-order valence-corrected chi connectivity index (χ1v) is 13.8. The van der Waals surface area contributed by atoms with Crippen molar-refractivity contribution in [3.05, 3.63) is 0 Å². The highest BCUT2D eigenvalue weighted by molar-refractivity contribution is 7.47. The van der Waals surface area contributed by atoms with Crippen LogP contribution in [0.3, 0.4) is 0 Å². The Balaban J connectivity index is 4.23. The summed E-state index contributed by atoms with van der Waals surface area (Å²) in [5.41, 5.74) is 0. The minimum Gasteiger partial charge on any atom is -0.462 e. The third-order valence-electron chi connectivity index (χ3n) is 4.94. The minimum atomic E-state index is -4.31. The molecule has 0 aromatic rings.